The minimum Gasteiger partial charge on any atom is -0.488 e. The van der Waals surface area contributed by atoms with Crippen molar-refractivity contribution in [2.24, 2.45) is 5.64 Å². The molecule has 0 spiro atoms. The van der Waals surface area contributed by atoms with Gasteiger partial charge in [0.1, 0.15) is 0 Å². The van der Waals surface area contributed by atoms with Gasteiger partial charge in [0.25, 0.3) is 5.87 Å². The number of hydrogen-bond donors (Lipinski definition) is 2. The monoisotopic (exact) mass is 72.0 g/mol. The Morgan fingerprint density at radius 1 is 2.00 bits per heavy atom. The van der Waals surface area contributed by atoms with Gasteiger partial charge in [-0.05, 0) is 0 Å². The predicted octanol–water partition coefficient (Wildman–Crippen LogP) is -0.758. The van der Waals surface area contributed by atoms with Gasteiger partial charge < -0.3 is 10.8 Å². The van der Waals surface area contributed by atoms with Gasteiger partial charge in [0.2, 0.25) is 0 Å². The zero-order valence-electron chi connectivity index (χ0n) is 2.51. The molecule has 3 nitrogen and oxygen atoms in total. The maximum atomic E-state index is 9.19. The minimum atomic E-state index is -1.09. The first kappa shape index (κ1) is 4.49. The van der Waals surface area contributed by atoms with E-state index in [1.54, 1.807) is 0 Å². The maximum absolute atomic E-state index is 9.19. The summed E-state index contributed by atoms with van der Waals surface area (Å²) in [5.41, 5.74) is 4.45. The van der Waals surface area contributed by atoms with Gasteiger partial charge >= 0.3 is 7.41 Å². The zero-order valence-corrected chi connectivity index (χ0v) is 2.51. The van der Waals surface area contributed by atoms with E-state index in [0.717, 1.165) is 0 Å². The Balaban J connectivity index is 2.85. The molecule has 0 heterocycles. The van der Waals surface area contributed by atoms with Crippen LogP contribution < -0.4 is 5.64 Å². The summed E-state index contributed by atoms with van der Waals surface area (Å²) in [7, 11) is 0.583. The highest BCUT2D eigenvalue weighted by molar-refractivity contribution is 6.68. The van der Waals surface area contributed by atoms with Crippen LogP contribution in [0.5, 0.6) is 0 Å². The molecule has 0 unspecified atom stereocenters. The minimum absolute atomic E-state index is 0.583. The van der Waals surface area contributed by atoms with Crippen molar-refractivity contribution in [3.05, 3.63) is 0 Å². The van der Waals surface area contributed by atoms with Gasteiger partial charge in [-0.3, -0.25) is 4.79 Å². The Labute approximate surface area is 30.0 Å². The number of hydrogen-bond acceptors (Lipinski definition) is 2. The van der Waals surface area contributed by atoms with Crippen LogP contribution in [0.25, 0.3) is 0 Å². The van der Waals surface area contributed by atoms with Crippen molar-refractivity contribution in [3.8, 4) is 0 Å². The Kier molecular flexibility index (Phi) is 1.60. The molecule has 0 saturated carbocycles. The standard InChI is InChI=1S/CH3BNO2/c3-2-1(4)5/h3H2,(H,4,5). The molecule has 3 N–H and O–H groups in total. The molecule has 0 bridgehead atoms. The number of carbonyl (C=O) groups is 1. The van der Waals surface area contributed by atoms with E-state index in [-0.39, 0.29) is 0 Å². The van der Waals surface area contributed by atoms with Crippen LogP contribution in [0.1, 0.15) is 0 Å². The van der Waals surface area contributed by atoms with Gasteiger partial charge in [0.15, 0.2) is 0 Å². The van der Waals surface area contributed by atoms with Gasteiger partial charge in [0, 0.05) is 0 Å². The van der Waals surface area contributed by atoms with Crippen molar-refractivity contribution in [3.63, 3.8) is 0 Å². The summed E-state index contributed by atoms with van der Waals surface area (Å²) in [4.78, 5) is 9.19. The van der Waals surface area contributed by atoms with Gasteiger partial charge in [-0.15, -0.1) is 0 Å². The molecule has 0 saturated heterocycles. The van der Waals surface area contributed by atoms with Crippen LogP contribution in [-0.2, 0) is 0 Å². The Hall–Kier alpha value is -0.505. The third kappa shape index (κ3) is 3.49. The number of rotatable bonds is 1. The molecule has 0 amide bonds. The molecule has 27 valence electrons. The highest BCUT2D eigenvalue weighted by Gasteiger charge is 1.86. The lowest BCUT2D eigenvalue weighted by atomic mass is 10.00. The highest BCUT2D eigenvalue weighted by Crippen LogP contribution is 1.48. The Bertz CT molecular complexity index is 44.9. The molecule has 0 aromatic carbocycles. The van der Waals surface area contributed by atoms with Crippen LogP contribution in [0.4, 0.5) is 4.79 Å². The van der Waals surface area contributed by atoms with Crippen molar-refractivity contribution < 1.29 is 9.90 Å². The molecule has 0 aliphatic heterocycles. The van der Waals surface area contributed by atoms with Crippen molar-refractivity contribution in [2.75, 3.05) is 0 Å². The van der Waals surface area contributed by atoms with Crippen LogP contribution >= 0.6 is 0 Å². The molecule has 0 atom stereocenters. The van der Waals surface area contributed by atoms with Crippen molar-refractivity contribution >= 4 is 13.3 Å². The fraction of sp³-hybridized carbons (Fsp3) is 0. The lowest BCUT2D eigenvalue weighted by Gasteiger charge is -1.69. The quantitative estimate of drug-likeness (QED) is 0.400. The molecule has 4 heteroatoms. The number of carboxylic acid groups (broad SMARTS) is 1. The maximum Gasteiger partial charge on any atom is 0.351 e. The fourth-order valence-electron chi connectivity index (χ4n) is 0. The summed E-state index contributed by atoms with van der Waals surface area (Å²) >= 11 is 0. The molecular weight excluding hydrogens is 68.8 g/mol. The highest BCUT2D eigenvalue weighted by atomic mass is 16.4. The third-order valence-corrected chi connectivity index (χ3v) is 0.143. The second-order valence-corrected chi connectivity index (χ2v) is 0.505. The topological polar surface area (TPSA) is 63.3 Å². The molecule has 1 radical (unpaired) electrons. The van der Waals surface area contributed by atoms with Crippen LogP contribution in [0.3, 0.4) is 0 Å². The molecule has 0 fully saturated rings. The summed E-state index contributed by atoms with van der Waals surface area (Å²) in [6, 6.07) is 0. The summed E-state index contributed by atoms with van der Waals surface area (Å²) < 4.78 is 0. The normalized spacial score (nSPS) is 6.60. The molecule has 0 aliphatic carbocycles. The van der Waals surface area contributed by atoms with Gasteiger partial charge in [-0.25, -0.2) is 0 Å². The first-order valence-electron chi connectivity index (χ1n) is 1.05. The summed E-state index contributed by atoms with van der Waals surface area (Å²) in [5.74, 6) is -1.09. The third-order valence-electron chi connectivity index (χ3n) is 0.143. The molecule has 5 heavy (non-hydrogen) atoms. The van der Waals surface area contributed by atoms with Gasteiger partial charge in [0.05, 0.1) is 0 Å². The smallest absolute Gasteiger partial charge is 0.351 e. The lowest BCUT2D eigenvalue weighted by molar-refractivity contribution is 0.219. The second kappa shape index (κ2) is 1.78. The Morgan fingerprint density at radius 2 is 2.20 bits per heavy atom. The van der Waals surface area contributed by atoms with Crippen LogP contribution in [0.15, 0.2) is 0 Å². The second-order valence-electron chi connectivity index (χ2n) is 0.505. The first-order chi connectivity index (χ1) is 2.27. The average Bonchev–Trinajstić information content (AvgIpc) is 1.38. The summed E-state index contributed by atoms with van der Waals surface area (Å²) in [6.07, 6.45) is 0. The zero-order chi connectivity index (χ0) is 4.28. The fourth-order valence-corrected chi connectivity index (χ4v) is 0. The van der Waals surface area contributed by atoms with E-state index in [0.29, 0.717) is 7.41 Å². The van der Waals surface area contributed by atoms with E-state index < -0.39 is 5.87 Å². The van der Waals surface area contributed by atoms with Crippen LogP contribution in [-0.4, -0.2) is 18.4 Å². The lowest BCUT2D eigenvalue weighted by Crippen LogP contribution is -2.15. The van der Waals surface area contributed by atoms with Gasteiger partial charge in [-0.2, -0.15) is 0 Å². The van der Waals surface area contributed by atoms with E-state index in [4.69, 9.17) is 5.11 Å². The van der Waals surface area contributed by atoms with Crippen molar-refractivity contribution in [1.82, 2.24) is 0 Å². The average molecular weight is 71.9 g/mol. The van der Waals surface area contributed by atoms with E-state index in [1.165, 1.54) is 0 Å². The molecule has 0 aliphatic rings. The van der Waals surface area contributed by atoms with Crippen molar-refractivity contribution in [1.29, 1.82) is 0 Å². The van der Waals surface area contributed by atoms with Crippen LogP contribution in [0.2, 0.25) is 0 Å². The summed E-state index contributed by atoms with van der Waals surface area (Å²) in [5, 5.41) is 7.54. The molecule has 0 aromatic heterocycles. The van der Waals surface area contributed by atoms with Crippen molar-refractivity contribution in [2.45, 2.75) is 0 Å². The first-order valence-corrected chi connectivity index (χ1v) is 1.05. The number of nitrogens with two attached hydrogens (primary N) is 1. The SMILES string of the molecule is N[B]C(=O)O. The summed E-state index contributed by atoms with van der Waals surface area (Å²) in [6.45, 7) is 0. The van der Waals surface area contributed by atoms with E-state index in [9.17, 15) is 4.79 Å². The predicted molar refractivity (Wildman–Crippen MR) is 18.0 cm³/mol. The largest absolute Gasteiger partial charge is 0.488 e. The van der Waals surface area contributed by atoms with E-state index in [1.807, 2.05) is 0 Å². The molecule has 0 rings (SSSR count). The molecular formula is CH3BNO2. The van der Waals surface area contributed by atoms with Crippen LogP contribution in [0, 0.1) is 0 Å². The van der Waals surface area contributed by atoms with E-state index >= 15 is 0 Å². The Morgan fingerprint density at radius 3 is 2.20 bits per heavy atom. The van der Waals surface area contributed by atoms with Gasteiger partial charge in [-0.1, -0.05) is 0 Å². The van der Waals surface area contributed by atoms with E-state index in [2.05, 4.69) is 5.64 Å². The molecule has 0 aromatic rings.